The van der Waals surface area contributed by atoms with Crippen LogP contribution in [0.3, 0.4) is 0 Å². The molecule has 0 radical (unpaired) electrons. The second kappa shape index (κ2) is 15.9. The van der Waals surface area contributed by atoms with E-state index in [4.69, 9.17) is 25.8 Å². The third-order valence-corrected chi connectivity index (χ3v) is 5.80. The molecule has 0 atom stereocenters. The number of nitrogens with zero attached hydrogens (tertiary/aromatic N) is 1. The molecule has 41 heavy (non-hydrogen) atoms. The number of unbranched alkanes of at least 4 members (excludes halogenated alkanes) is 1. The Balaban J connectivity index is 1.52. The highest BCUT2D eigenvalue weighted by Gasteiger charge is 2.14. The van der Waals surface area contributed by atoms with Gasteiger partial charge in [0.1, 0.15) is 5.75 Å². The second-order valence-electron chi connectivity index (χ2n) is 8.81. The zero-order valence-corrected chi connectivity index (χ0v) is 23.9. The molecule has 3 amide bonds. The molecule has 0 aromatic heterocycles. The molecular weight excluding hydrogens is 548 g/mol. The number of rotatable bonds is 13. The van der Waals surface area contributed by atoms with Crippen molar-refractivity contribution in [3.63, 3.8) is 0 Å². The number of anilines is 2. The van der Waals surface area contributed by atoms with Gasteiger partial charge in [-0.05, 0) is 86.0 Å². The highest BCUT2D eigenvalue weighted by molar-refractivity contribution is 6.39. The molecule has 11 heteroatoms. The van der Waals surface area contributed by atoms with Gasteiger partial charge in [-0.15, -0.1) is 0 Å². The summed E-state index contributed by atoms with van der Waals surface area (Å²) in [6, 6.07) is 16.9. The molecule has 0 saturated carbocycles. The van der Waals surface area contributed by atoms with Gasteiger partial charge in [-0.1, -0.05) is 31.0 Å². The van der Waals surface area contributed by atoms with Crippen molar-refractivity contribution in [3.05, 3.63) is 76.8 Å². The Bertz CT molecular complexity index is 1380. The van der Waals surface area contributed by atoms with E-state index < -0.39 is 11.8 Å². The van der Waals surface area contributed by atoms with Crippen LogP contribution in [0.5, 0.6) is 17.2 Å². The minimum absolute atomic E-state index is 0.251. The van der Waals surface area contributed by atoms with E-state index in [1.165, 1.54) is 6.21 Å². The summed E-state index contributed by atoms with van der Waals surface area (Å²) < 4.78 is 16.9. The summed E-state index contributed by atoms with van der Waals surface area (Å²) in [5.41, 5.74) is 4.68. The number of carbonyl (C=O) groups excluding carboxylic acids is 3. The Hall–Kier alpha value is -4.57. The third-order valence-electron chi connectivity index (χ3n) is 5.56. The van der Waals surface area contributed by atoms with Gasteiger partial charge in [0.15, 0.2) is 18.1 Å². The lowest BCUT2D eigenvalue weighted by molar-refractivity contribution is -0.136. The summed E-state index contributed by atoms with van der Waals surface area (Å²) in [6.45, 7) is 6.47. The summed E-state index contributed by atoms with van der Waals surface area (Å²) in [7, 11) is 0. The molecule has 216 valence electrons. The van der Waals surface area contributed by atoms with Crippen LogP contribution in [0.25, 0.3) is 0 Å². The number of halogens is 1. The number of hydrogen-bond acceptors (Lipinski definition) is 7. The number of nitrogens with one attached hydrogen (secondary N) is 3. The molecule has 3 aromatic carbocycles. The lowest BCUT2D eigenvalue weighted by Crippen LogP contribution is -2.32. The van der Waals surface area contributed by atoms with Crippen molar-refractivity contribution in [3.8, 4) is 17.2 Å². The normalized spacial score (nSPS) is 10.6. The fourth-order valence-electron chi connectivity index (χ4n) is 3.42. The molecule has 0 bridgehead atoms. The molecule has 0 aliphatic rings. The first-order valence-electron chi connectivity index (χ1n) is 13.1. The third kappa shape index (κ3) is 10.2. The lowest BCUT2D eigenvalue weighted by Gasteiger charge is -2.13. The number of aryl methyl sites for hydroxylation is 1. The minimum atomic E-state index is -0.935. The molecule has 0 saturated heterocycles. The minimum Gasteiger partial charge on any atom is -0.494 e. The Kier molecular flexibility index (Phi) is 12.0. The summed E-state index contributed by atoms with van der Waals surface area (Å²) in [5.74, 6) is -0.742. The van der Waals surface area contributed by atoms with Gasteiger partial charge in [0.25, 0.3) is 5.91 Å². The quantitative estimate of drug-likeness (QED) is 0.108. The van der Waals surface area contributed by atoms with Crippen molar-refractivity contribution >= 4 is 46.9 Å². The highest BCUT2D eigenvalue weighted by Crippen LogP contribution is 2.28. The molecule has 3 N–H and O–H groups in total. The Morgan fingerprint density at radius 1 is 0.878 bits per heavy atom. The maximum Gasteiger partial charge on any atom is 0.329 e. The number of benzene rings is 3. The van der Waals surface area contributed by atoms with Crippen molar-refractivity contribution in [2.75, 3.05) is 30.5 Å². The summed E-state index contributed by atoms with van der Waals surface area (Å²) in [6.07, 6.45) is 3.34. The Morgan fingerprint density at radius 3 is 2.39 bits per heavy atom. The first kappa shape index (κ1) is 31.0. The highest BCUT2D eigenvalue weighted by atomic mass is 35.5. The monoisotopic (exact) mass is 580 g/mol. The predicted molar refractivity (Wildman–Crippen MR) is 159 cm³/mol. The number of amides is 3. The maximum atomic E-state index is 12.4. The standard InChI is InChI=1S/C30H33ClN4O6/c1-4-6-15-40-24-12-10-23(11-13-24)33-29(37)30(38)35-32-18-21-8-14-26(27(16-21)39-5-2)41-19-28(36)34-25-17-22(31)9-7-20(25)3/h7-14,16-18H,4-6,15,19H2,1-3H3,(H,33,37)(H,34,36)(H,35,38)/b32-18-. The van der Waals surface area contributed by atoms with E-state index in [1.54, 1.807) is 54.6 Å². The van der Waals surface area contributed by atoms with Gasteiger partial charge in [0.05, 0.1) is 19.4 Å². The summed E-state index contributed by atoms with van der Waals surface area (Å²) in [4.78, 5) is 36.8. The summed E-state index contributed by atoms with van der Waals surface area (Å²) in [5, 5.41) is 9.64. The predicted octanol–water partition coefficient (Wildman–Crippen LogP) is 5.33. The van der Waals surface area contributed by atoms with Gasteiger partial charge in [0.2, 0.25) is 0 Å². The van der Waals surface area contributed by atoms with Gasteiger partial charge >= 0.3 is 11.8 Å². The van der Waals surface area contributed by atoms with E-state index in [1.807, 2.05) is 19.9 Å². The van der Waals surface area contributed by atoms with Crippen LogP contribution in [0.2, 0.25) is 5.02 Å². The molecule has 0 aliphatic carbocycles. The number of hydrogen-bond donors (Lipinski definition) is 3. The second-order valence-corrected chi connectivity index (χ2v) is 9.25. The number of ether oxygens (including phenoxy) is 3. The molecule has 3 aromatic rings. The molecule has 0 aliphatic heterocycles. The zero-order chi connectivity index (χ0) is 29.6. The lowest BCUT2D eigenvalue weighted by atomic mass is 10.2. The van der Waals surface area contributed by atoms with Crippen LogP contribution in [0.15, 0.2) is 65.8 Å². The molecule has 3 rings (SSSR count). The van der Waals surface area contributed by atoms with E-state index in [-0.39, 0.29) is 12.5 Å². The van der Waals surface area contributed by atoms with Crippen LogP contribution < -0.4 is 30.3 Å². The van der Waals surface area contributed by atoms with Crippen LogP contribution in [0.1, 0.15) is 37.8 Å². The molecular formula is C30H33ClN4O6. The number of carbonyl (C=O) groups is 3. The molecule has 0 heterocycles. The first-order valence-corrected chi connectivity index (χ1v) is 13.5. The molecule has 0 fully saturated rings. The SMILES string of the molecule is CCCCOc1ccc(NC(=O)C(=O)N/N=C\c2ccc(OCC(=O)Nc3cc(Cl)ccc3C)c(OCC)c2)cc1. The van der Waals surface area contributed by atoms with E-state index in [0.29, 0.717) is 52.4 Å². The molecule has 0 unspecified atom stereocenters. The van der Waals surface area contributed by atoms with Gasteiger partial charge in [-0.3, -0.25) is 14.4 Å². The molecule has 10 nitrogen and oxygen atoms in total. The van der Waals surface area contributed by atoms with E-state index in [9.17, 15) is 14.4 Å². The van der Waals surface area contributed by atoms with Crippen LogP contribution in [-0.2, 0) is 14.4 Å². The van der Waals surface area contributed by atoms with Crippen LogP contribution in [-0.4, -0.2) is 43.8 Å². The van der Waals surface area contributed by atoms with E-state index in [0.717, 1.165) is 18.4 Å². The van der Waals surface area contributed by atoms with Gasteiger partial charge in [-0.25, -0.2) is 5.43 Å². The Labute approximate surface area is 244 Å². The smallest absolute Gasteiger partial charge is 0.329 e. The van der Waals surface area contributed by atoms with Crippen molar-refractivity contribution in [1.29, 1.82) is 0 Å². The average Bonchev–Trinajstić information content (AvgIpc) is 2.95. The van der Waals surface area contributed by atoms with Gasteiger partial charge < -0.3 is 24.8 Å². The van der Waals surface area contributed by atoms with Crippen molar-refractivity contribution in [2.24, 2.45) is 5.10 Å². The topological polar surface area (TPSA) is 127 Å². The average molecular weight is 581 g/mol. The van der Waals surface area contributed by atoms with Crippen LogP contribution in [0.4, 0.5) is 11.4 Å². The van der Waals surface area contributed by atoms with Crippen molar-refractivity contribution < 1.29 is 28.6 Å². The van der Waals surface area contributed by atoms with E-state index in [2.05, 4.69) is 28.1 Å². The maximum absolute atomic E-state index is 12.4. The fraction of sp³-hybridized carbons (Fsp3) is 0.267. The summed E-state index contributed by atoms with van der Waals surface area (Å²) >= 11 is 6.01. The van der Waals surface area contributed by atoms with E-state index >= 15 is 0 Å². The fourth-order valence-corrected chi connectivity index (χ4v) is 3.60. The number of hydrazone groups is 1. The zero-order valence-electron chi connectivity index (χ0n) is 23.2. The van der Waals surface area contributed by atoms with Crippen LogP contribution >= 0.6 is 11.6 Å². The van der Waals surface area contributed by atoms with Crippen molar-refractivity contribution in [2.45, 2.75) is 33.6 Å². The van der Waals surface area contributed by atoms with Crippen LogP contribution in [0, 0.1) is 6.92 Å². The van der Waals surface area contributed by atoms with Gasteiger partial charge in [-0.2, -0.15) is 5.10 Å². The molecule has 0 spiro atoms. The first-order chi connectivity index (χ1) is 19.8. The van der Waals surface area contributed by atoms with Crippen molar-refractivity contribution in [1.82, 2.24) is 5.43 Å². The largest absolute Gasteiger partial charge is 0.494 e. The Morgan fingerprint density at radius 2 is 1.66 bits per heavy atom. The van der Waals surface area contributed by atoms with Gasteiger partial charge in [0, 0.05) is 16.4 Å².